The molecule has 12 rings (SSSR count). The SMILES string of the molecule is CC1(c2ccccc2)c2cc(-c3cc(-c4cc(-c5ccccc5)cc(-c5ccc6oc7ccccc7c6c5)c4)nc(-c4ccccc4)n3)ccc2-c2c(-c3ccccc3)cccc21. The van der Waals surface area contributed by atoms with E-state index in [0.29, 0.717) is 5.82 Å². The maximum atomic E-state index is 6.23. The van der Waals surface area contributed by atoms with Crippen LogP contribution in [0.25, 0.3) is 100 Å². The molecular weight excluding hydrogens is 765 g/mol. The molecule has 1 aliphatic carbocycles. The molecule has 3 nitrogen and oxygen atoms in total. The summed E-state index contributed by atoms with van der Waals surface area (Å²) >= 11 is 0. The van der Waals surface area contributed by atoms with E-state index in [1.807, 2.05) is 18.2 Å². The second-order valence-electron chi connectivity index (χ2n) is 16.6. The largest absolute Gasteiger partial charge is 0.456 e. The van der Waals surface area contributed by atoms with Crippen LogP contribution in [0.4, 0.5) is 0 Å². The van der Waals surface area contributed by atoms with Gasteiger partial charge in [-0.15, -0.1) is 0 Å². The number of fused-ring (bicyclic) bond motifs is 6. The lowest BCUT2D eigenvalue weighted by atomic mass is 9.73. The Morgan fingerprint density at radius 3 is 1.68 bits per heavy atom. The van der Waals surface area contributed by atoms with Gasteiger partial charge in [-0.2, -0.15) is 0 Å². The van der Waals surface area contributed by atoms with Crippen LogP contribution in [0.1, 0.15) is 23.6 Å². The molecule has 1 unspecified atom stereocenters. The van der Waals surface area contributed by atoms with Gasteiger partial charge < -0.3 is 4.42 Å². The number of benzene rings is 9. The highest BCUT2D eigenvalue weighted by molar-refractivity contribution is 6.06. The van der Waals surface area contributed by atoms with Crippen LogP contribution < -0.4 is 0 Å². The van der Waals surface area contributed by atoms with Crippen LogP contribution in [0.3, 0.4) is 0 Å². The molecule has 3 heteroatoms. The number of nitrogens with zero attached hydrogens (tertiary/aromatic N) is 2. The third-order valence-electron chi connectivity index (χ3n) is 13.0. The Hall–Kier alpha value is -8.14. The molecule has 0 bridgehead atoms. The van der Waals surface area contributed by atoms with Crippen molar-refractivity contribution in [1.29, 1.82) is 0 Å². The first-order valence-electron chi connectivity index (χ1n) is 21.6. The van der Waals surface area contributed by atoms with Crippen molar-refractivity contribution in [2.24, 2.45) is 0 Å². The van der Waals surface area contributed by atoms with Crippen LogP contribution in [0.5, 0.6) is 0 Å². The molecule has 296 valence electrons. The zero-order valence-corrected chi connectivity index (χ0v) is 34.7. The highest BCUT2D eigenvalue weighted by Gasteiger charge is 2.42. The summed E-state index contributed by atoms with van der Waals surface area (Å²) in [4.78, 5) is 10.7. The molecule has 2 heterocycles. The Morgan fingerprint density at radius 1 is 0.349 bits per heavy atom. The van der Waals surface area contributed by atoms with Gasteiger partial charge >= 0.3 is 0 Å². The Balaban J connectivity index is 1.06. The van der Waals surface area contributed by atoms with E-state index in [1.54, 1.807) is 0 Å². The summed E-state index contributed by atoms with van der Waals surface area (Å²) in [6.07, 6.45) is 0. The van der Waals surface area contributed by atoms with Gasteiger partial charge in [0.15, 0.2) is 5.82 Å². The number of rotatable bonds is 7. The minimum absolute atomic E-state index is 0.398. The number of hydrogen-bond donors (Lipinski definition) is 0. The van der Waals surface area contributed by atoms with Gasteiger partial charge in [0.25, 0.3) is 0 Å². The molecule has 0 radical (unpaired) electrons. The molecule has 63 heavy (non-hydrogen) atoms. The van der Waals surface area contributed by atoms with Gasteiger partial charge in [-0.25, -0.2) is 9.97 Å². The topological polar surface area (TPSA) is 38.9 Å². The van der Waals surface area contributed by atoms with Gasteiger partial charge in [-0.1, -0.05) is 176 Å². The minimum atomic E-state index is -0.398. The molecular formula is C60H40N2O. The van der Waals surface area contributed by atoms with Crippen LogP contribution in [-0.2, 0) is 5.41 Å². The molecule has 1 aliphatic rings. The molecule has 2 aromatic heterocycles. The second-order valence-corrected chi connectivity index (χ2v) is 16.6. The number of hydrogen-bond acceptors (Lipinski definition) is 3. The maximum Gasteiger partial charge on any atom is 0.160 e. The fraction of sp³-hybridized carbons (Fsp3) is 0.0333. The summed E-state index contributed by atoms with van der Waals surface area (Å²) in [6.45, 7) is 2.38. The average Bonchev–Trinajstić information content (AvgIpc) is 3.87. The first kappa shape index (κ1) is 36.7. The van der Waals surface area contributed by atoms with Gasteiger partial charge in [-0.05, 0) is 117 Å². The van der Waals surface area contributed by atoms with E-state index in [1.165, 1.54) is 38.9 Å². The Kier molecular flexibility index (Phi) is 8.62. The van der Waals surface area contributed by atoms with Crippen molar-refractivity contribution in [3.05, 3.63) is 241 Å². The molecule has 9 aromatic carbocycles. The predicted molar refractivity (Wildman–Crippen MR) is 259 cm³/mol. The predicted octanol–water partition coefficient (Wildman–Crippen LogP) is 15.7. The van der Waals surface area contributed by atoms with Gasteiger partial charge in [0.1, 0.15) is 11.2 Å². The summed E-state index contributed by atoms with van der Waals surface area (Å²) < 4.78 is 6.23. The average molecular weight is 805 g/mol. The van der Waals surface area contributed by atoms with Crippen molar-refractivity contribution in [2.75, 3.05) is 0 Å². The lowest BCUT2D eigenvalue weighted by Crippen LogP contribution is -2.22. The molecule has 0 saturated carbocycles. The molecule has 0 saturated heterocycles. The normalized spacial score (nSPS) is 14.2. The highest BCUT2D eigenvalue weighted by Crippen LogP contribution is 2.56. The summed E-state index contributed by atoms with van der Waals surface area (Å²) in [5.41, 5.74) is 19.4. The van der Waals surface area contributed by atoms with Gasteiger partial charge in [0.05, 0.1) is 11.4 Å². The minimum Gasteiger partial charge on any atom is -0.456 e. The van der Waals surface area contributed by atoms with Crippen LogP contribution in [0.15, 0.2) is 229 Å². The van der Waals surface area contributed by atoms with Crippen LogP contribution >= 0.6 is 0 Å². The molecule has 1 atom stereocenters. The van der Waals surface area contributed by atoms with E-state index in [4.69, 9.17) is 14.4 Å². The zero-order valence-electron chi connectivity index (χ0n) is 34.7. The quantitative estimate of drug-likeness (QED) is 0.161. The molecule has 0 amide bonds. The Labute approximate surface area is 366 Å². The molecule has 0 aliphatic heterocycles. The Bertz CT molecular complexity index is 3500. The monoisotopic (exact) mass is 804 g/mol. The van der Waals surface area contributed by atoms with Crippen molar-refractivity contribution < 1.29 is 4.42 Å². The van der Waals surface area contributed by atoms with Gasteiger partial charge in [0, 0.05) is 32.9 Å². The first-order valence-corrected chi connectivity index (χ1v) is 21.6. The molecule has 0 spiro atoms. The van der Waals surface area contributed by atoms with Gasteiger partial charge in [-0.3, -0.25) is 0 Å². The second kappa shape index (κ2) is 14.8. The van der Waals surface area contributed by atoms with E-state index in [0.717, 1.165) is 72.3 Å². The highest BCUT2D eigenvalue weighted by atomic mass is 16.3. The van der Waals surface area contributed by atoms with Crippen LogP contribution in [0.2, 0.25) is 0 Å². The van der Waals surface area contributed by atoms with Crippen LogP contribution in [0, 0.1) is 0 Å². The van der Waals surface area contributed by atoms with Crippen molar-refractivity contribution in [3.8, 4) is 78.4 Å². The van der Waals surface area contributed by atoms with Crippen molar-refractivity contribution in [1.82, 2.24) is 9.97 Å². The summed E-state index contributed by atoms with van der Waals surface area (Å²) in [5.74, 6) is 0.682. The van der Waals surface area contributed by atoms with E-state index in [9.17, 15) is 0 Å². The number of aromatic nitrogens is 2. The standard InChI is InChI=1S/C60H40N2O/c1-60(47-23-12-5-13-24-47)52-27-16-26-48(40-19-8-3-9-20-40)58(52)50-31-29-43(37-53(50)60)54-38-55(62-59(61-54)41-21-10-4-11-22-41)46-34-44(39-17-6-2-7-18-39)33-45(35-46)42-30-32-57-51(36-42)49-25-14-15-28-56(49)63-57/h2-38H,1H3. The van der Waals surface area contributed by atoms with E-state index >= 15 is 0 Å². The Morgan fingerprint density at radius 2 is 0.937 bits per heavy atom. The number of para-hydroxylation sites is 1. The lowest BCUT2D eigenvalue weighted by molar-refractivity contribution is 0.669. The molecule has 11 aromatic rings. The van der Waals surface area contributed by atoms with E-state index in [2.05, 4.69) is 213 Å². The summed E-state index contributed by atoms with van der Waals surface area (Å²) in [5, 5.41) is 2.21. The van der Waals surface area contributed by atoms with E-state index in [-0.39, 0.29) is 0 Å². The van der Waals surface area contributed by atoms with Crippen molar-refractivity contribution in [3.63, 3.8) is 0 Å². The smallest absolute Gasteiger partial charge is 0.160 e. The fourth-order valence-corrected chi connectivity index (χ4v) is 9.78. The lowest BCUT2D eigenvalue weighted by Gasteiger charge is -2.28. The maximum absolute atomic E-state index is 6.23. The molecule has 0 fully saturated rings. The van der Waals surface area contributed by atoms with Crippen molar-refractivity contribution >= 4 is 21.9 Å². The molecule has 0 N–H and O–H groups in total. The summed E-state index contributed by atoms with van der Waals surface area (Å²) in [7, 11) is 0. The third-order valence-corrected chi connectivity index (χ3v) is 13.0. The van der Waals surface area contributed by atoms with E-state index < -0.39 is 5.41 Å². The fourth-order valence-electron chi connectivity index (χ4n) is 9.78. The first-order chi connectivity index (χ1) is 31.1. The number of furan rings is 1. The van der Waals surface area contributed by atoms with Gasteiger partial charge in [0.2, 0.25) is 0 Å². The van der Waals surface area contributed by atoms with Crippen LogP contribution in [-0.4, -0.2) is 9.97 Å². The van der Waals surface area contributed by atoms with Crippen molar-refractivity contribution in [2.45, 2.75) is 12.3 Å². The zero-order chi connectivity index (χ0) is 41.9. The third kappa shape index (κ3) is 6.20. The summed E-state index contributed by atoms with van der Waals surface area (Å²) in [6, 6.07) is 80.1.